The van der Waals surface area contributed by atoms with Crippen LogP contribution in [0.3, 0.4) is 0 Å². The van der Waals surface area contributed by atoms with Crippen LogP contribution >= 0.6 is 0 Å². The predicted octanol–water partition coefficient (Wildman–Crippen LogP) is 2.60. The van der Waals surface area contributed by atoms with Crippen LogP contribution < -0.4 is 10.6 Å². The molecule has 7 nitrogen and oxygen atoms in total. The van der Waals surface area contributed by atoms with Gasteiger partial charge in [-0.05, 0) is 69.6 Å². The molecule has 5 fully saturated rings. The summed E-state index contributed by atoms with van der Waals surface area (Å²) in [5.74, 6) is 2.09. The van der Waals surface area contributed by atoms with E-state index in [0.29, 0.717) is 41.7 Å². The second-order valence-electron chi connectivity index (χ2n) is 10.4. The molecular formula is C23H34N4O3. The number of aliphatic hydroxyl groups excluding tert-OH is 1. The van der Waals surface area contributed by atoms with Crippen molar-refractivity contribution >= 4 is 11.9 Å². The summed E-state index contributed by atoms with van der Waals surface area (Å²) in [6.45, 7) is 2.10. The van der Waals surface area contributed by atoms with E-state index >= 15 is 0 Å². The van der Waals surface area contributed by atoms with Crippen molar-refractivity contribution in [1.82, 2.24) is 15.3 Å². The molecule has 1 aromatic heterocycles. The number of hydrogen-bond acceptors (Lipinski definition) is 6. The Bertz CT molecular complexity index is 792. The van der Waals surface area contributed by atoms with Crippen LogP contribution in [0, 0.1) is 17.8 Å². The third-order valence-corrected chi connectivity index (χ3v) is 7.90. The average molecular weight is 415 g/mol. The number of aliphatic hydroxyl groups is 2. The van der Waals surface area contributed by atoms with E-state index in [9.17, 15) is 15.0 Å². The average Bonchev–Trinajstić information content (AvgIpc) is 3.22. The minimum Gasteiger partial charge on any atom is -0.392 e. The molecule has 3 unspecified atom stereocenters. The SMILES string of the molecule is C[C@@H](O)CNc1ncc(C(=O)NC2[C@@H]3CC4C[C@H]2CC(O)(C4)C3)c(C2CCCC2)n1. The van der Waals surface area contributed by atoms with Crippen LogP contribution in [0.5, 0.6) is 0 Å². The lowest BCUT2D eigenvalue weighted by molar-refractivity contribution is -0.136. The molecule has 164 valence electrons. The Morgan fingerprint density at radius 1 is 1.23 bits per heavy atom. The smallest absolute Gasteiger partial charge is 0.254 e. The molecule has 7 heteroatoms. The first-order chi connectivity index (χ1) is 14.4. The molecule has 0 aliphatic heterocycles. The zero-order chi connectivity index (χ0) is 20.9. The summed E-state index contributed by atoms with van der Waals surface area (Å²) >= 11 is 0. The quantitative estimate of drug-likeness (QED) is 0.570. The van der Waals surface area contributed by atoms with Crippen molar-refractivity contribution in [2.45, 2.75) is 88.4 Å². The number of amides is 1. The lowest BCUT2D eigenvalue weighted by Gasteiger charge is -2.58. The second kappa shape index (κ2) is 7.75. The summed E-state index contributed by atoms with van der Waals surface area (Å²) in [6.07, 6.45) is 10.4. The highest BCUT2D eigenvalue weighted by atomic mass is 16.3. The molecule has 1 aromatic rings. The Labute approximate surface area is 178 Å². The summed E-state index contributed by atoms with van der Waals surface area (Å²) in [6, 6.07) is 0.152. The lowest BCUT2D eigenvalue weighted by atomic mass is 9.52. The predicted molar refractivity (Wildman–Crippen MR) is 113 cm³/mol. The fourth-order valence-corrected chi connectivity index (χ4v) is 6.85. The first-order valence-corrected chi connectivity index (χ1v) is 11.7. The van der Waals surface area contributed by atoms with Gasteiger partial charge in [-0.15, -0.1) is 0 Å². The first kappa shape index (κ1) is 20.2. The maximum atomic E-state index is 13.4. The molecule has 5 aliphatic rings. The number of rotatable bonds is 6. The molecular weight excluding hydrogens is 380 g/mol. The van der Waals surface area contributed by atoms with Gasteiger partial charge in [0, 0.05) is 24.7 Å². The van der Waals surface area contributed by atoms with Crippen molar-refractivity contribution in [3.8, 4) is 0 Å². The third-order valence-electron chi connectivity index (χ3n) is 7.90. The summed E-state index contributed by atoms with van der Waals surface area (Å²) in [5.41, 5.74) is 0.945. The Balaban J connectivity index is 1.36. The normalized spacial score (nSPS) is 36.1. The van der Waals surface area contributed by atoms with E-state index in [1.54, 1.807) is 13.1 Å². The number of anilines is 1. The zero-order valence-corrected chi connectivity index (χ0v) is 17.8. The van der Waals surface area contributed by atoms with Crippen LogP contribution in [0.4, 0.5) is 5.95 Å². The highest BCUT2D eigenvalue weighted by molar-refractivity contribution is 5.95. The number of nitrogens with zero attached hydrogens (tertiary/aromatic N) is 2. The molecule has 1 amide bonds. The first-order valence-electron chi connectivity index (χ1n) is 11.7. The van der Waals surface area contributed by atoms with Crippen molar-refractivity contribution in [1.29, 1.82) is 0 Å². The van der Waals surface area contributed by atoms with Gasteiger partial charge in [-0.3, -0.25) is 4.79 Å². The molecule has 30 heavy (non-hydrogen) atoms. The number of aromatic nitrogens is 2. The van der Waals surface area contributed by atoms with Crippen molar-refractivity contribution in [2.75, 3.05) is 11.9 Å². The minimum absolute atomic E-state index is 0.0663. The molecule has 4 bridgehead atoms. The van der Waals surface area contributed by atoms with Gasteiger partial charge in [-0.25, -0.2) is 9.97 Å². The van der Waals surface area contributed by atoms with Gasteiger partial charge in [0.1, 0.15) is 0 Å². The highest BCUT2D eigenvalue weighted by Crippen LogP contribution is 2.55. The van der Waals surface area contributed by atoms with E-state index in [1.165, 1.54) is 12.8 Å². The number of carbonyl (C=O) groups is 1. The Kier molecular flexibility index (Phi) is 5.22. The molecule has 0 saturated heterocycles. The van der Waals surface area contributed by atoms with Gasteiger partial charge in [-0.1, -0.05) is 12.8 Å². The van der Waals surface area contributed by atoms with E-state index in [4.69, 9.17) is 4.98 Å². The van der Waals surface area contributed by atoms with Gasteiger partial charge in [-0.2, -0.15) is 0 Å². The standard InChI is InChI=1S/C23H34N4O3/c1-13(28)11-24-22-25-12-18(20(27-22)15-4-2-3-5-15)21(29)26-19-16-6-14-7-17(19)10-23(30,8-14)9-16/h12-17,19,28,30H,2-11H2,1H3,(H,26,29)(H,24,25,27)/t13-,14?,16-,17+,19?,23?/m1/s1. The van der Waals surface area contributed by atoms with Gasteiger partial charge in [0.15, 0.2) is 0 Å². The van der Waals surface area contributed by atoms with Crippen LogP contribution in [-0.4, -0.2) is 50.4 Å². The summed E-state index contributed by atoms with van der Waals surface area (Å²) in [4.78, 5) is 22.4. The molecule has 6 atom stereocenters. The molecule has 0 aromatic carbocycles. The van der Waals surface area contributed by atoms with Gasteiger partial charge in [0.05, 0.1) is 23.0 Å². The van der Waals surface area contributed by atoms with Crippen LogP contribution in [0.1, 0.15) is 86.7 Å². The van der Waals surface area contributed by atoms with E-state index in [0.717, 1.165) is 50.6 Å². The van der Waals surface area contributed by atoms with Crippen LogP contribution in [0.15, 0.2) is 6.20 Å². The lowest BCUT2D eigenvalue weighted by Crippen LogP contribution is -2.61. The number of nitrogens with one attached hydrogen (secondary N) is 2. The van der Waals surface area contributed by atoms with E-state index in [2.05, 4.69) is 15.6 Å². The Morgan fingerprint density at radius 3 is 2.57 bits per heavy atom. The van der Waals surface area contributed by atoms with Crippen molar-refractivity contribution in [2.24, 2.45) is 17.8 Å². The van der Waals surface area contributed by atoms with Crippen LogP contribution in [-0.2, 0) is 0 Å². The maximum Gasteiger partial charge on any atom is 0.254 e. The van der Waals surface area contributed by atoms with E-state index < -0.39 is 11.7 Å². The van der Waals surface area contributed by atoms with Crippen molar-refractivity contribution in [3.63, 3.8) is 0 Å². The van der Waals surface area contributed by atoms with Gasteiger partial charge in [0.25, 0.3) is 5.91 Å². The number of carbonyl (C=O) groups excluding carboxylic acids is 1. The van der Waals surface area contributed by atoms with E-state index in [1.807, 2.05) is 0 Å². The molecule has 4 N–H and O–H groups in total. The van der Waals surface area contributed by atoms with Crippen LogP contribution in [0.2, 0.25) is 0 Å². The highest BCUT2D eigenvalue weighted by Gasteiger charge is 2.55. The maximum absolute atomic E-state index is 13.4. The molecule has 0 radical (unpaired) electrons. The summed E-state index contributed by atoms with van der Waals surface area (Å²) in [7, 11) is 0. The molecule has 6 rings (SSSR count). The minimum atomic E-state index is -0.493. The molecule has 0 spiro atoms. The second-order valence-corrected chi connectivity index (χ2v) is 10.4. The monoisotopic (exact) mass is 414 g/mol. The fourth-order valence-electron chi connectivity index (χ4n) is 6.85. The third kappa shape index (κ3) is 3.82. The number of hydrogen-bond donors (Lipinski definition) is 4. The van der Waals surface area contributed by atoms with E-state index in [-0.39, 0.29) is 11.9 Å². The Hall–Kier alpha value is -1.73. The molecule has 5 aliphatic carbocycles. The fraction of sp³-hybridized carbons (Fsp3) is 0.783. The Morgan fingerprint density at radius 2 is 1.93 bits per heavy atom. The van der Waals surface area contributed by atoms with Gasteiger partial charge in [0.2, 0.25) is 5.95 Å². The molecule has 1 heterocycles. The molecule has 5 saturated carbocycles. The summed E-state index contributed by atoms with van der Waals surface area (Å²) in [5, 5.41) is 26.8. The van der Waals surface area contributed by atoms with Crippen molar-refractivity contribution < 1.29 is 15.0 Å². The van der Waals surface area contributed by atoms with Gasteiger partial charge >= 0.3 is 0 Å². The summed E-state index contributed by atoms with van der Waals surface area (Å²) < 4.78 is 0. The van der Waals surface area contributed by atoms with Crippen molar-refractivity contribution in [3.05, 3.63) is 17.5 Å². The zero-order valence-electron chi connectivity index (χ0n) is 17.8. The van der Waals surface area contributed by atoms with Gasteiger partial charge < -0.3 is 20.8 Å². The largest absolute Gasteiger partial charge is 0.392 e. The van der Waals surface area contributed by atoms with Crippen LogP contribution in [0.25, 0.3) is 0 Å². The topological polar surface area (TPSA) is 107 Å².